The van der Waals surface area contributed by atoms with Gasteiger partial charge in [-0.15, -0.1) is 23.5 Å². The van der Waals surface area contributed by atoms with Crippen molar-refractivity contribution in [2.45, 2.75) is 67.2 Å². The first-order valence-electron chi connectivity index (χ1n) is 7.91. The van der Waals surface area contributed by atoms with Crippen molar-refractivity contribution < 1.29 is 9.53 Å². The van der Waals surface area contributed by atoms with Crippen molar-refractivity contribution in [1.29, 1.82) is 0 Å². The highest BCUT2D eigenvalue weighted by Gasteiger charge is 2.06. The molecule has 0 N–H and O–H groups in total. The number of carbonyl (C=O) groups is 1. The van der Waals surface area contributed by atoms with Crippen molar-refractivity contribution in [2.75, 3.05) is 18.6 Å². The van der Waals surface area contributed by atoms with E-state index in [-0.39, 0.29) is 11.9 Å². The van der Waals surface area contributed by atoms with E-state index in [1.807, 2.05) is 23.5 Å². The van der Waals surface area contributed by atoms with Gasteiger partial charge in [0.05, 0.1) is 13.0 Å². The highest BCUT2D eigenvalue weighted by molar-refractivity contribution is 8.22. The summed E-state index contributed by atoms with van der Waals surface area (Å²) in [7, 11) is 1.39. The fraction of sp³-hybridized carbons (Fsp3) is 0.824. The molecule has 0 aliphatic carbocycles. The van der Waals surface area contributed by atoms with Gasteiger partial charge in [0.1, 0.15) is 0 Å². The van der Waals surface area contributed by atoms with Gasteiger partial charge in [-0.25, -0.2) is 0 Å². The van der Waals surface area contributed by atoms with Gasteiger partial charge in [-0.3, -0.25) is 4.79 Å². The van der Waals surface area contributed by atoms with E-state index >= 15 is 0 Å². The van der Waals surface area contributed by atoms with Crippen LogP contribution in [0.15, 0.2) is 9.81 Å². The molecule has 1 saturated heterocycles. The van der Waals surface area contributed by atoms with Crippen LogP contribution in [-0.2, 0) is 9.53 Å². The third kappa shape index (κ3) is 16.1. The monoisotopic (exact) mass is 334 g/mol. The van der Waals surface area contributed by atoms with Crippen LogP contribution < -0.4 is 0 Å². The van der Waals surface area contributed by atoms with Crippen LogP contribution in [-0.4, -0.2) is 24.6 Å². The van der Waals surface area contributed by atoms with Crippen LogP contribution >= 0.6 is 23.5 Å². The Morgan fingerprint density at radius 2 is 1.62 bits per heavy atom. The first-order valence-corrected chi connectivity index (χ1v) is 9.88. The number of hydrogen-bond acceptors (Lipinski definition) is 4. The van der Waals surface area contributed by atoms with Crippen molar-refractivity contribution in [2.24, 2.45) is 5.92 Å². The molecule has 2 nitrogen and oxygen atoms in total. The summed E-state index contributed by atoms with van der Waals surface area (Å²) in [6.45, 7) is 12.4. The van der Waals surface area contributed by atoms with Crippen LogP contribution in [0.3, 0.4) is 0 Å². The van der Waals surface area contributed by atoms with Gasteiger partial charge in [-0.2, -0.15) is 0 Å². The summed E-state index contributed by atoms with van der Waals surface area (Å²) < 4.78 is 5.93. The average molecular weight is 335 g/mol. The van der Waals surface area contributed by atoms with Gasteiger partial charge in [-0.05, 0) is 31.8 Å². The molecule has 1 heterocycles. The Bertz CT molecular complexity index is 273. The van der Waals surface area contributed by atoms with E-state index < -0.39 is 0 Å². The second-order valence-electron chi connectivity index (χ2n) is 5.37. The van der Waals surface area contributed by atoms with Crippen molar-refractivity contribution >= 4 is 29.5 Å². The molecule has 1 rings (SSSR count). The quantitative estimate of drug-likeness (QED) is 0.581. The zero-order valence-corrected chi connectivity index (χ0v) is 16.6. The Labute approximate surface area is 140 Å². The Morgan fingerprint density at radius 1 is 1.14 bits per heavy atom. The van der Waals surface area contributed by atoms with Crippen molar-refractivity contribution in [3.8, 4) is 0 Å². The molecular weight excluding hydrogens is 300 g/mol. The minimum absolute atomic E-state index is 0.00463. The van der Waals surface area contributed by atoms with E-state index in [2.05, 4.69) is 32.4 Å². The predicted octanol–water partition coefficient (Wildman–Crippen LogP) is 6.12. The van der Waals surface area contributed by atoms with Gasteiger partial charge in [0.15, 0.2) is 0 Å². The van der Waals surface area contributed by atoms with Crippen LogP contribution in [0.1, 0.15) is 67.2 Å². The summed E-state index contributed by atoms with van der Waals surface area (Å²) in [6, 6.07) is 0. The lowest BCUT2D eigenvalue weighted by molar-refractivity contribution is -0.144. The minimum atomic E-state index is -0.153. The number of unbranched alkanes of at least 4 members (excludes halogenated alkanes) is 2. The largest absolute Gasteiger partial charge is 0.469 e. The fourth-order valence-electron chi connectivity index (χ4n) is 1.31. The molecule has 1 fully saturated rings. The van der Waals surface area contributed by atoms with Crippen molar-refractivity contribution in [3.63, 3.8) is 0 Å². The van der Waals surface area contributed by atoms with Gasteiger partial charge in [0, 0.05) is 4.24 Å². The molecule has 21 heavy (non-hydrogen) atoms. The van der Waals surface area contributed by atoms with E-state index in [0.29, 0.717) is 0 Å². The zero-order chi connectivity index (χ0) is 16.7. The van der Waals surface area contributed by atoms with Crippen LogP contribution in [0.4, 0.5) is 0 Å². The van der Waals surface area contributed by atoms with Gasteiger partial charge >= 0.3 is 5.97 Å². The lowest BCUT2D eigenvalue weighted by atomic mass is 10.2. The van der Waals surface area contributed by atoms with E-state index in [1.165, 1.54) is 49.9 Å². The highest BCUT2D eigenvalue weighted by atomic mass is 32.2. The van der Waals surface area contributed by atoms with E-state index in [9.17, 15) is 4.79 Å². The van der Waals surface area contributed by atoms with Crippen LogP contribution in [0, 0.1) is 5.92 Å². The topological polar surface area (TPSA) is 26.3 Å². The number of esters is 1. The van der Waals surface area contributed by atoms with Crippen LogP contribution in [0.25, 0.3) is 0 Å². The van der Waals surface area contributed by atoms with Gasteiger partial charge in [-0.1, -0.05) is 52.5 Å². The Kier molecular flexibility index (Phi) is 18.0. The summed E-state index contributed by atoms with van der Waals surface area (Å²) in [5, 5.41) is 0. The van der Waals surface area contributed by atoms with E-state index in [4.69, 9.17) is 0 Å². The molecule has 4 heteroatoms. The van der Waals surface area contributed by atoms with E-state index in [1.54, 1.807) is 18.1 Å². The number of thioether (sulfide) groups is 2. The third-order valence-corrected chi connectivity index (χ3v) is 5.58. The summed E-state index contributed by atoms with van der Waals surface area (Å²) in [4.78, 5) is 10.3. The fourth-order valence-corrected chi connectivity index (χ4v) is 3.85. The molecule has 1 aliphatic rings. The predicted molar refractivity (Wildman–Crippen MR) is 100.0 cm³/mol. The second-order valence-corrected chi connectivity index (χ2v) is 7.84. The van der Waals surface area contributed by atoms with E-state index in [0.717, 1.165) is 0 Å². The highest BCUT2D eigenvalue weighted by Crippen LogP contribution is 2.36. The van der Waals surface area contributed by atoms with Gasteiger partial charge in [0.25, 0.3) is 0 Å². The molecule has 126 valence electrons. The first kappa shape index (κ1) is 23.2. The number of rotatable bonds is 3. The summed E-state index contributed by atoms with van der Waals surface area (Å²) in [5.41, 5.74) is 1.49. The minimum Gasteiger partial charge on any atom is -0.469 e. The molecule has 1 aliphatic heterocycles. The molecular formula is C17H34O2S2. The first-order chi connectivity index (χ1) is 9.90. The summed E-state index contributed by atoms with van der Waals surface area (Å²) in [6.07, 6.45) is 5.46. The lowest BCUT2D eigenvalue weighted by Gasteiger charge is -2.13. The molecule has 0 amide bonds. The molecule has 0 unspecified atom stereocenters. The lowest BCUT2D eigenvalue weighted by Crippen LogP contribution is -2.07. The summed E-state index contributed by atoms with van der Waals surface area (Å²) >= 11 is 4.03. The van der Waals surface area contributed by atoms with Gasteiger partial charge < -0.3 is 4.74 Å². The SMILES string of the molecule is CC(C)=C1SCCCS1.CCCCC.COC(=O)C(C)C. The molecule has 0 radical (unpaired) electrons. The number of allylic oxidation sites excluding steroid dienone is 1. The smallest absolute Gasteiger partial charge is 0.308 e. The zero-order valence-electron chi connectivity index (χ0n) is 15.0. The van der Waals surface area contributed by atoms with Crippen molar-refractivity contribution in [3.05, 3.63) is 9.81 Å². The molecule has 0 atom stereocenters. The molecule has 0 saturated carbocycles. The average Bonchev–Trinajstić information content (AvgIpc) is 2.49. The van der Waals surface area contributed by atoms with Crippen LogP contribution in [0.5, 0.6) is 0 Å². The maximum atomic E-state index is 10.3. The Hall–Kier alpha value is -0.0900. The molecule has 0 aromatic heterocycles. The Balaban J connectivity index is 0. The second kappa shape index (κ2) is 16.3. The number of ether oxygens (including phenoxy) is 1. The summed E-state index contributed by atoms with van der Waals surface area (Å²) in [5.74, 6) is 2.51. The van der Waals surface area contributed by atoms with Gasteiger partial charge in [0.2, 0.25) is 0 Å². The normalized spacial score (nSPS) is 13.6. The Morgan fingerprint density at radius 3 is 1.76 bits per heavy atom. The number of hydrogen-bond donors (Lipinski definition) is 0. The van der Waals surface area contributed by atoms with Crippen molar-refractivity contribution in [1.82, 2.24) is 0 Å². The molecule has 0 aromatic carbocycles. The molecule has 0 bridgehead atoms. The van der Waals surface area contributed by atoms with Crippen LogP contribution in [0.2, 0.25) is 0 Å². The maximum Gasteiger partial charge on any atom is 0.308 e. The number of carbonyl (C=O) groups excluding carboxylic acids is 1. The standard InChI is InChI=1S/C7H12S2.C5H10O2.C5H12/c1-6(2)7-8-4-3-5-9-7;1-4(2)5(6)7-3;1-3-5-4-2/h3-5H2,1-2H3;4H,1-3H3;3-5H2,1-2H3. The molecule has 0 aromatic rings. The number of methoxy groups -OCH3 is 1. The molecule has 0 spiro atoms. The maximum absolute atomic E-state index is 10.3. The third-order valence-electron chi connectivity index (χ3n) is 2.54.